The zero-order valence-electron chi connectivity index (χ0n) is 20.1. The van der Waals surface area contributed by atoms with Crippen LogP contribution in [0.15, 0.2) is 64.1 Å². The van der Waals surface area contributed by atoms with E-state index in [1.54, 1.807) is 0 Å². The third-order valence-corrected chi connectivity index (χ3v) is 10.1. The van der Waals surface area contributed by atoms with Crippen LogP contribution in [-0.4, -0.2) is 49.8 Å². The summed E-state index contributed by atoms with van der Waals surface area (Å²) in [4.78, 5) is 13.8. The molecule has 1 saturated heterocycles. The van der Waals surface area contributed by atoms with Gasteiger partial charge in [-0.3, -0.25) is 4.79 Å². The van der Waals surface area contributed by atoms with Gasteiger partial charge >= 0.3 is 18.0 Å². The first-order chi connectivity index (χ1) is 18.5. The number of fused-ring (bicyclic) bond motifs is 3. The normalized spacial score (nSPS) is 21.7. The van der Waals surface area contributed by atoms with Gasteiger partial charge in [0.05, 0.1) is 11.1 Å². The summed E-state index contributed by atoms with van der Waals surface area (Å²) in [6.07, 6.45) is -11.8. The summed E-state index contributed by atoms with van der Waals surface area (Å²) in [5.41, 5.74) is -7.87. The van der Waals surface area contributed by atoms with Crippen LogP contribution in [0.2, 0.25) is 0 Å². The Morgan fingerprint density at radius 3 is 2.20 bits per heavy atom. The van der Waals surface area contributed by atoms with Gasteiger partial charge in [-0.05, 0) is 48.2 Å². The number of rotatable bonds is 4. The zero-order valence-corrected chi connectivity index (χ0v) is 20.9. The maximum Gasteiger partial charge on any atom is 0.435 e. The van der Waals surface area contributed by atoms with Crippen LogP contribution in [-0.2, 0) is 26.7 Å². The van der Waals surface area contributed by atoms with E-state index in [-0.39, 0.29) is 47.2 Å². The number of aromatic nitrogens is 1. The lowest BCUT2D eigenvalue weighted by atomic mass is 9.75. The highest BCUT2D eigenvalue weighted by Crippen LogP contribution is 2.56. The summed E-state index contributed by atoms with van der Waals surface area (Å²) >= 11 is 0. The largest absolute Gasteiger partial charge is 0.435 e. The monoisotopic (exact) mass is 594 g/mol. The van der Waals surface area contributed by atoms with E-state index in [1.807, 2.05) is 0 Å². The van der Waals surface area contributed by atoms with E-state index in [4.69, 9.17) is 4.52 Å². The van der Waals surface area contributed by atoms with Crippen LogP contribution in [0.1, 0.15) is 33.7 Å². The molecule has 2 aliphatic rings. The average molecular weight is 594 g/mol. The second-order valence-corrected chi connectivity index (χ2v) is 11.9. The van der Waals surface area contributed by atoms with Crippen LogP contribution < -0.4 is 0 Å². The molecule has 0 bridgehead atoms. The molecular weight excluding hydrogens is 576 g/mol. The van der Waals surface area contributed by atoms with E-state index in [0.717, 1.165) is 35.2 Å². The first kappa shape index (κ1) is 28.1. The Bertz CT molecular complexity index is 1540. The number of halogens is 8. The summed E-state index contributed by atoms with van der Waals surface area (Å²) in [6, 6.07) is 6.33. The molecule has 1 fully saturated rings. The van der Waals surface area contributed by atoms with E-state index < -0.39 is 62.4 Å². The number of benzene rings is 2. The molecule has 2 unspecified atom stereocenters. The lowest BCUT2D eigenvalue weighted by molar-refractivity contribution is -0.348. The Balaban J connectivity index is 1.71. The quantitative estimate of drug-likeness (QED) is 0.295. The van der Waals surface area contributed by atoms with Gasteiger partial charge in [0, 0.05) is 30.6 Å². The van der Waals surface area contributed by atoms with E-state index in [1.165, 1.54) is 12.3 Å². The van der Waals surface area contributed by atoms with Crippen LogP contribution in [0.5, 0.6) is 0 Å². The highest BCUT2D eigenvalue weighted by Gasteiger charge is 2.73. The molecule has 3 aromatic rings. The predicted octanol–water partition coefficient (Wildman–Crippen LogP) is 5.49. The highest BCUT2D eigenvalue weighted by molar-refractivity contribution is 7.92. The zero-order chi connectivity index (χ0) is 29.3. The molecule has 6 nitrogen and oxygen atoms in total. The van der Waals surface area contributed by atoms with Crippen LogP contribution in [0.25, 0.3) is 0 Å². The van der Waals surface area contributed by atoms with E-state index in [2.05, 4.69) is 5.16 Å². The summed E-state index contributed by atoms with van der Waals surface area (Å²) in [5.74, 6) is -2.58. The first-order valence-electron chi connectivity index (χ1n) is 11.7. The standard InChI is InChI=1S/C25H18F8N2O4S/c26-17-4-6-18(7-5-17)40(37,38)22-13-35(21(36)20-9-10-34-39-20)12-16(22)2-1-14-11-15(3-8-19(14)22)23(27,24(28,29)30)25(31,32)33/h3-11,16H,1-2,12-13H2. The minimum Gasteiger partial charge on any atom is -0.351 e. The average Bonchev–Trinajstić information content (AvgIpc) is 3.55. The molecule has 1 amide bonds. The molecule has 2 atom stereocenters. The third-order valence-electron chi connectivity index (χ3n) is 7.57. The molecule has 0 N–H and O–H groups in total. The van der Waals surface area contributed by atoms with Crippen molar-refractivity contribution in [2.75, 3.05) is 13.1 Å². The predicted molar refractivity (Wildman–Crippen MR) is 121 cm³/mol. The molecule has 2 heterocycles. The number of nitrogens with zero attached hydrogens (tertiary/aromatic N) is 2. The number of likely N-dealkylation sites (tertiary alicyclic amines) is 1. The maximum atomic E-state index is 14.9. The van der Waals surface area contributed by atoms with Crippen molar-refractivity contribution >= 4 is 15.7 Å². The van der Waals surface area contributed by atoms with Crippen molar-refractivity contribution in [3.8, 4) is 0 Å². The lowest BCUT2D eigenvalue weighted by Gasteiger charge is -2.40. The van der Waals surface area contributed by atoms with E-state index >= 15 is 0 Å². The van der Waals surface area contributed by atoms with Crippen molar-refractivity contribution in [1.29, 1.82) is 0 Å². The molecule has 0 radical (unpaired) electrons. The molecule has 40 heavy (non-hydrogen) atoms. The smallest absolute Gasteiger partial charge is 0.351 e. The second-order valence-electron chi connectivity index (χ2n) is 9.67. The number of alkyl halides is 7. The van der Waals surface area contributed by atoms with Crippen molar-refractivity contribution in [1.82, 2.24) is 10.1 Å². The summed E-state index contributed by atoms with van der Waals surface area (Å²) in [6.45, 7) is -0.706. The summed E-state index contributed by atoms with van der Waals surface area (Å²) in [5, 5.41) is 3.44. The van der Waals surface area contributed by atoms with Crippen molar-refractivity contribution in [3.05, 3.63) is 83.0 Å². The van der Waals surface area contributed by atoms with Gasteiger partial charge < -0.3 is 9.42 Å². The molecule has 1 aliphatic heterocycles. The minimum absolute atomic E-state index is 0.0750. The van der Waals surface area contributed by atoms with Gasteiger partial charge in [0.1, 0.15) is 10.6 Å². The van der Waals surface area contributed by atoms with Gasteiger partial charge in [-0.2, -0.15) is 26.3 Å². The molecule has 0 saturated carbocycles. The van der Waals surface area contributed by atoms with Gasteiger partial charge in [0.15, 0.2) is 9.84 Å². The fourth-order valence-corrected chi connectivity index (χ4v) is 8.04. The number of aryl methyl sites for hydroxylation is 1. The maximum absolute atomic E-state index is 14.9. The molecule has 5 rings (SSSR count). The molecule has 1 aromatic heterocycles. The molecule has 1 aliphatic carbocycles. The van der Waals surface area contributed by atoms with Crippen LogP contribution in [0.3, 0.4) is 0 Å². The molecule has 15 heteroatoms. The van der Waals surface area contributed by atoms with Crippen molar-refractivity contribution in [2.24, 2.45) is 5.92 Å². The molecule has 0 spiro atoms. The number of carbonyl (C=O) groups excluding carboxylic acids is 1. The number of sulfone groups is 1. The highest BCUT2D eigenvalue weighted by atomic mass is 32.2. The minimum atomic E-state index is -6.36. The second kappa shape index (κ2) is 9.01. The Labute approximate surface area is 221 Å². The van der Waals surface area contributed by atoms with E-state index in [0.29, 0.717) is 6.07 Å². The Morgan fingerprint density at radius 2 is 1.62 bits per heavy atom. The summed E-state index contributed by atoms with van der Waals surface area (Å²) in [7, 11) is -4.58. The van der Waals surface area contributed by atoms with Gasteiger partial charge in [-0.25, -0.2) is 17.2 Å². The fourth-order valence-electron chi connectivity index (χ4n) is 5.68. The van der Waals surface area contributed by atoms with Crippen molar-refractivity contribution in [3.63, 3.8) is 0 Å². The van der Waals surface area contributed by atoms with Crippen LogP contribution >= 0.6 is 0 Å². The Hall–Kier alpha value is -3.49. The van der Waals surface area contributed by atoms with Crippen LogP contribution in [0, 0.1) is 11.7 Å². The SMILES string of the molecule is O=C(c1ccno1)N1CC2CCc3cc(C(F)(C(F)(F)F)C(F)(F)F)ccc3C2(S(=O)(=O)c2ccc(F)cc2)C1. The van der Waals surface area contributed by atoms with Gasteiger partial charge in [0.2, 0.25) is 5.76 Å². The number of amides is 1. The lowest BCUT2D eigenvalue weighted by Crippen LogP contribution is -2.51. The number of hydrogen-bond donors (Lipinski definition) is 0. The molecule has 214 valence electrons. The molecular formula is C25H18F8N2O4S. The van der Waals surface area contributed by atoms with Crippen LogP contribution in [0.4, 0.5) is 35.1 Å². The molecule has 2 aromatic carbocycles. The van der Waals surface area contributed by atoms with Crippen molar-refractivity contribution < 1.29 is 52.9 Å². The third kappa shape index (κ3) is 3.91. The Kier molecular flexibility index (Phi) is 6.32. The van der Waals surface area contributed by atoms with Gasteiger partial charge in [-0.15, -0.1) is 0 Å². The number of hydrogen-bond acceptors (Lipinski definition) is 5. The Morgan fingerprint density at radius 1 is 0.975 bits per heavy atom. The first-order valence-corrected chi connectivity index (χ1v) is 13.2. The van der Waals surface area contributed by atoms with Gasteiger partial charge in [0.25, 0.3) is 5.91 Å². The topological polar surface area (TPSA) is 80.5 Å². The number of carbonyl (C=O) groups is 1. The van der Waals surface area contributed by atoms with Crippen molar-refractivity contribution in [2.45, 2.75) is 40.5 Å². The van der Waals surface area contributed by atoms with Gasteiger partial charge in [-0.1, -0.05) is 23.4 Å². The summed E-state index contributed by atoms with van der Waals surface area (Å²) < 4.78 is 140. The van der Waals surface area contributed by atoms with E-state index in [9.17, 15) is 48.3 Å². The fraction of sp³-hybridized carbons (Fsp3) is 0.360.